The zero-order valence-electron chi connectivity index (χ0n) is 8.99. The van der Waals surface area contributed by atoms with Gasteiger partial charge in [-0.05, 0) is 6.42 Å². The number of carbonyl (C=O) groups is 2. The van der Waals surface area contributed by atoms with Crippen LogP contribution in [0.25, 0.3) is 0 Å². The van der Waals surface area contributed by atoms with Gasteiger partial charge in [0.05, 0.1) is 10.5 Å². The van der Waals surface area contributed by atoms with Crippen molar-refractivity contribution in [1.82, 2.24) is 4.90 Å². The van der Waals surface area contributed by atoms with E-state index in [4.69, 9.17) is 5.11 Å². The van der Waals surface area contributed by atoms with Gasteiger partial charge in [0.25, 0.3) is 0 Å². The molecule has 15 heavy (non-hydrogen) atoms. The Labute approximate surface area is 103 Å². The topological polar surface area (TPSA) is 57.6 Å². The standard InChI is InChI=1S/C10H16INO3/c1-10(2,6-8(14)15)9(11)12-5-3-4-7(12)13/h9H,3-6H2,1-2H3,(H,14,15). The van der Waals surface area contributed by atoms with Crippen LogP contribution in [0.15, 0.2) is 0 Å². The first-order valence-electron chi connectivity index (χ1n) is 5.00. The molecule has 0 bridgehead atoms. The number of halogens is 1. The number of alkyl halides is 1. The molecule has 0 radical (unpaired) electrons. The van der Waals surface area contributed by atoms with Gasteiger partial charge in [-0.2, -0.15) is 0 Å². The lowest BCUT2D eigenvalue weighted by Crippen LogP contribution is -2.42. The fourth-order valence-corrected chi connectivity index (χ4v) is 2.61. The molecule has 1 amide bonds. The second kappa shape index (κ2) is 4.67. The van der Waals surface area contributed by atoms with Crippen LogP contribution in [0.1, 0.15) is 33.1 Å². The zero-order chi connectivity index (χ0) is 11.6. The summed E-state index contributed by atoms with van der Waals surface area (Å²) in [5.74, 6) is -0.666. The number of rotatable bonds is 4. The number of amides is 1. The molecule has 1 fully saturated rings. The van der Waals surface area contributed by atoms with Crippen molar-refractivity contribution in [3.05, 3.63) is 0 Å². The molecule has 0 saturated carbocycles. The van der Waals surface area contributed by atoms with Crippen LogP contribution in [0.2, 0.25) is 0 Å². The van der Waals surface area contributed by atoms with E-state index >= 15 is 0 Å². The fraction of sp³-hybridized carbons (Fsp3) is 0.800. The number of carboxylic acid groups (broad SMARTS) is 1. The van der Waals surface area contributed by atoms with Crippen LogP contribution in [0, 0.1) is 5.41 Å². The number of aliphatic carboxylic acids is 1. The lowest BCUT2D eigenvalue weighted by Gasteiger charge is -2.35. The van der Waals surface area contributed by atoms with Gasteiger partial charge >= 0.3 is 5.97 Å². The molecule has 1 N–H and O–H groups in total. The Hall–Kier alpha value is -0.330. The molecule has 0 aliphatic carbocycles. The van der Waals surface area contributed by atoms with E-state index in [9.17, 15) is 9.59 Å². The average Bonchev–Trinajstić information content (AvgIpc) is 2.47. The van der Waals surface area contributed by atoms with E-state index in [1.54, 1.807) is 4.90 Å². The summed E-state index contributed by atoms with van der Waals surface area (Å²) in [5, 5.41) is 8.80. The van der Waals surface area contributed by atoms with Crippen LogP contribution in [0.4, 0.5) is 0 Å². The maximum Gasteiger partial charge on any atom is 0.303 e. The third-order valence-corrected chi connectivity index (χ3v) is 4.99. The summed E-state index contributed by atoms with van der Waals surface area (Å²) in [7, 11) is 0. The predicted octanol–water partition coefficient (Wildman–Crippen LogP) is 1.87. The average molecular weight is 325 g/mol. The van der Waals surface area contributed by atoms with Gasteiger partial charge in [-0.3, -0.25) is 9.59 Å². The quantitative estimate of drug-likeness (QED) is 0.488. The van der Waals surface area contributed by atoms with Crippen molar-refractivity contribution in [2.24, 2.45) is 5.41 Å². The Kier molecular flexibility index (Phi) is 3.97. The minimum atomic E-state index is -0.812. The molecule has 1 saturated heterocycles. The normalized spacial score (nSPS) is 19.4. The summed E-state index contributed by atoms with van der Waals surface area (Å²) in [4.78, 5) is 24.0. The van der Waals surface area contributed by atoms with Crippen molar-refractivity contribution in [3.63, 3.8) is 0 Å². The SMILES string of the molecule is CC(C)(CC(=O)O)C(I)N1CCCC1=O. The maximum absolute atomic E-state index is 11.5. The zero-order valence-corrected chi connectivity index (χ0v) is 11.2. The van der Waals surface area contributed by atoms with Crippen LogP contribution in [0.5, 0.6) is 0 Å². The third-order valence-electron chi connectivity index (χ3n) is 2.64. The van der Waals surface area contributed by atoms with Gasteiger partial charge < -0.3 is 10.0 Å². The van der Waals surface area contributed by atoms with Crippen molar-refractivity contribution in [3.8, 4) is 0 Å². The Balaban J connectivity index is 2.69. The predicted molar refractivity (Wildman–Crippen MR) is 64.8 cm³/mol. The van der Waals surface area contributed by atoms with Gasteiger partial charge in [0.1, 0.15) is 0 Å². The Morgan fingerprint density at radius 3 is 2.67 bits per heavy atom. The van der Waals surface area contributed by atoms with Gasteiger partial charge in [0.2, 0.25) is 5.91 Å². The second-order valence-corrected chi connectivity index (χ2v) is 5.77. The maximum atomic E-state index is 11.5. The lowest BCUT2D eigenvalue weighted by molar-refractivity contribution is -0.141. The summed E-state index contributed by atoms with van der Waals surface area (Å²) in [6, 6.07) is 0. The molecule has 1 aliphatic rings. The molecule has 5 heteroatoms. The molecule has 0 aromatic heterocycles. The molecule has 0 spiro atoms. The van der Waals surface area contributed by atoms with E-state index in [0.717, 1.165) is 13.0 Å². The number of nitrogens with zero attached hydrogens (tertiary/aromatic N) is 1. The Bertz CT molecular complexity index is 278. The van der Waals surface area contributed by atoms with Crippen LogP contribution >= 0.6 is 22.6 Å². The van der Waals surface area contributed by atoms with Crippen LogP contribution in [-0.2, 0) is 9.59 Å². The highest BCUT2D eigenvalue weighted by Crippen LogP contribution is 2.35. The molecule has 0 aromatic carbocycles. The van der Waals surface area contributed by atoms with Crippen molar-refractivity contribution >= 4 is 34.5 Å². The lowest BCUT2D eigenvalue weighted by atomic mass is 9.89. The smallest absolute Gasteiger partial charge is 0.303 e. The van der Waals surface area contributed by atoms with Gasteiger partial charge in [-0.25, -0.2) is 0 Å². The van der Waals surface area contributed by atoms with Crippen molar-refractivity contribution in [2.45, 2.75) is 37.2 Å². The molecule has 1 heterocycles. The highest BCUT2D eigenvalue weighted by molar-refractivity contribution is 14.1. The van der Waals surface area contributed by atoms with E-state index in [-0.39, 0.29) is 21.8 Å². The monoisotopic (exact) mass is 325 g/mol. The second-order valence-electron chi connectivity index (χ2n) is 4.59. The first-order chi connectivity index (χ1) is 6.84. The molecule has 86 valence electrons. The molecule has 1 unspecified atom stereocenters. The van der Waals surface area contributed by atoms with E-state index < -0.39 is 5.97 Å². The van der Waals surface area contributed by atoms with Crippen molar-refractivity contribution < 1.29 is 14.7 Å². The van der Waals surface area contributed by atoms with Gasteiger partial charge in [-0.1, -0.05) is 36.4 Å². The molecule has 0 aromatic rings. The fourth-order valence-electron chi connectivity index (χ4n) is 1.80. The Morgan fingerprint density at radius 1 is 1.67 bits per heavy atom. The van der Waals surface area contributed by atoms with Gasteiger partial charge in [-0.15, -0.1) is 0 Å². The number of carboxylic acids is 1. The number of likely N-dealkylation sites (tertiary alicyclic amines) is 1. The Morgan fingerprint density at radius 2 is 2.27 bits per heavy atom. The number of hydrogen-bond donors (Lipinski definition) is 1. The highest BCUT2D eigenvalue weighted by Gasteiger charge is 2.37. The third kappa shape index (κ3) is 3.06. The van der Waals surface area contributed by atoms with E-state index in [1.807, 2.05) is 13.8 Å². The largest absolute Gasteiger partial charge is 0.481 e. The molecular formula is C10H16INO3. The van der Waals surface area contributed by atoms with E-state index in [1.165, 1.54) is 0 Å². The first-order valence-corrected chi connectivity index (χ1v) is 6.24. The van der Waals surface area contributed by atoms with Crippen LogP contribution in [-0.4, -0.2) is 32.5 Å². The summed E-state index contributed by atoms with van der Waals surface area (Å²) >= 11 is 2.18. The molecule has 1 aliphatic heterocycles. The van der Waals surface area contributed by atoms with Crippen molar-refractivity contribution in [1.29, 1.82) is 0 Å². The number of hydrogen-bond acceptors (Lipinski definition) is 2. The van der Waals surface area contributed by atoms with E-state index in [2.05, 4.69) is 22.6 Å². The van der Waals surface area contributed by atoms with E-state index in [0.29, 0.717) is 6.42 Å². The minimum absolute atomic E-state index is 0.0406. The molecular weight excluding hydrogens is 309 g/mol. The van der Waals surface area contributed by atoms with Gasteiger partial charge in [0.15, 0.2) is 0 Å². The summed E-state index contributed by atoms with van der Waals surface area (Å²) < 4.78 is -0.0406. The molecule has 1 rings (SSSR count). The summed E-state index contributed by atoms with van der Waals surface area (Å²) in [5.41, 5.74) is -0.383. The molecule has 1 atom stereocenters. The number of carbonyl (C=O) groups excluding carboxylic acids is 1. The highest BCUT2D eigenvalue weighted by atomic mass is 127. The minimum Gasteiger partial charge on any atom is -0.481 e. The summed E-state index contributed by atoms with van der Waals surface area (Å²) in [6.07, 6.45) is 1.58. The van der Waals surface area contributed by atoms with Crippen LogP contribution < -0.4 is 0 Å². The first kappa shape index (κ1) is 12.7. The van der Waals surface area contributed by atoms with Crippen molar-refractivity contribution in [2.75, 3.05) is 6.54 Å². The molecule has 4 nitrogen and oxygen atoms in total. The van der Waals surface area contributed by atoms with Gasteiger partial charge in [0, 0.05) is 18.4 Å². The summed E-state index contributed by atoms with van der Waals surface area (Å²) in [6.45, 7) is 4.54. The van der Waals surface area contributed by atoms with Crippen LogP contribution in [0.3, 0.4) is 0 Å².